The van der Waals surface area contributed by atoms with E-state index in [0.717, 1.165) is 24.3 Å². The highest BCUT2D eigenvalue weighted by Gasteiger charge is 2.16. The fourth-order valence-corrected chi connectivity index (χ4v) is 2.45. The van der Waals surface area contributed by atoms with Crippen LogP contribution in [0.15, 0.2) is 18.2 Å². The topological polar surface area (TPSA) is 15.3 Å². The minimum Gasteiger partial charge on any atom is -0.369 e. The minimum atomic E-state index is -0.159. The van der Waals surface area contributed by atoms with Crippen LogP contribution in [0.2, 0.25) is 0 Å². The Balaban J connectivity index is 2.97. The first-order valence-corrected chi connectivity index (χ1v) is 8.07. The van der Waals surface area contributed by atoms with Crippen LogP contribution in [-0.2, 0) is 6.54 Å². The zero-order valence-corrected chi connectivity index (χ0v) is 14.4. The molecule has 2 nitrogen and oxygen atoms in total. The van der Waals surface area contributed by atoms with E-state index in [2.05, 4.69) is 51.8 Å². The average molecular weight is 294 g/mol. The predicted octanol–water partition coefficient (Wildman–Crippen LogP) is 4.44. The maximum Gasteiger partial charge on any atom is 0.123 e. The van der Waals surface area contributed by atoms with Crippen molar-refractivity contribution in [3.63, 3.8) is 0 Å². The largest absolute Gasteiger partial charge is 0.369 e. The first kappa shape index (κ1) is 18.0. The molecule has 1 N–H and O–H groups in total. The maximum atomic E-state index is 13.6. The van der Waals surface area contributed by atoms with Gasteiger partial charge in [0.2, 0.25) is 0 Å². The first-order valence-electron chi connectivity index (χ1n) is 8.07. The second kappa shape index (κ2) is 8.38. The third-order valence-electron chi connectivity index (χ3n) is 3.40. The summed E-state index contributed by atoms with van der Waals surface area (Å²) < 4.78 is 13.6. The summed E-state index contributed by atoms with van der Waals surface area (Å²) in [7, 11) is 0. The molecule has 21 heavy (non-hydrogen) atoms. The molecular weight excluding hydrogens is 263 g/mol. The summed E-state index contributed by atoms with van der Waals surface area (Å²) >= 11 is 0. The number of anilines is 1. The van der Waals surface area contributed by atoms with Gasteiger partial charge in [0.1, 0.15) is 5.82 Å². The molecule has 0 fully saturated rings. The van der Waals surface area contributed by atoms with E-state index in [1.807, 2.05) is 6.07 Å². The molecule has 0 heterocycles. The summed E-state index contributed by atoms with van der Waals surface area (Å²) in [5.41, 5.74) is 2.20. The summed E-state index contributed by atoms with van der Waals surface area (Å²) in [6, 6.07) is 5.56. The van der Waals surface area contributed by atoms with Gasteiger partial charge in [-0.3, -0.25) is 0 Å². The second-order valence-electron chi connectivity index (χ2n) is 6.94. The molecule has 120 valence electrons. The Morgan fingerprint density at radius 3 is 2.24 bits per heavy atom. The monoisotopic (exact) mass is 294 g/mol. The number of nitrogens with one attached hydrogen (secondary N) is 1. The normalized spacial score (nSPS) is 11.7. The SMILES string of the molecule is CC(C)CNCc1cc(F)ccc1N(CC(C)C)C(C)C. The Morgan fingerprint density at radius 2 is 1.71 bits per heavy atom. The van der Waals surface area contributed by atoms with Crippen molar-refractivity contribution in [2.45, 2.75) is 54.1 Å². The summed E-state index contributed by atoms with van der Waals surface area (Å²) in [5, 5.41) is 3.42. The molecule has 0 saturated carbocycles. The molecule has 0 aliphatic heterocycles. The molecule has 3 heteroatoms. The van der Waals surface area contributed by atoms with Crippen LogP contribution in [0.1, 0.15) is 47.1 Å². The molecule has 1 aromatic rings. The standard InChI is InChI=1S/C18H31FN2/c1-13(2)10-20-11-16-9-17(19)7-8-18(16)21(15(5)6)12-14(3)4/h7-9,13-15,20H,10-12H2,1-6H3. The molecule has 0 aromatic heterocycles. The van der Waals surface area contributed by atoms with E-state index < -0.39 is 0 Å². The Morgan fingerprint density at radius 1 is 1.05 bits per heavy atom. The molecule has 0 radical (unpaired) electrons. The van der Waals surface area contributed by atoms with Crippen LogP contribution in [0.4, 0.5) is 10.1 Å². The Bertz CT molecular complexity index is 427. The molecule has 1 aromatic carbocycles. The lowest BCUT2D eigenvalue weighted by atomic mass is 10.1. The minimum absolute atomic E-state index is 0.159. The van der Waals surface area contributed by atoms with Gasteiger partial charge in [0.05, 0.1) is 0 Å². The van der Waals surface area contributed by atoms with E-state index in [1.165, 1.54) is 0 Å². The van der Waals surface area contributed by atoms with Crippen LogP contribution >= 0.6 is 0 Å². The van der Waals surface area contributed by atoms with Crippen LogP contribution in [0.3, 0.4) is 0 Å². The van der Waals surface area contributed by atoms with E-state index in [1.54, 1.807) is 12.1 Å². The van der Waals surface area contributed by atoms with E-state index >= 15 is 0 Å². The smallest absolute Gasteiger partial charge is 0.123 e. The number of benzene rings is 1. The highest BCUT2D eigenvalue weighted by Crippen LogP contribution is 2.25. The van der Waals surface area contributed by atoms with Gasteiger partial charge in [-0.25, -0.2) is 4.39 Å². The molecule has 0 aliphatic carbocycles. The second-order valence-corrected chi connectivity index (χ2v) is 6.94. The lowest BCUT2D eigenvalue weighted by molar-refractivity contribution is 0.542. The molecule has 1 rings (SSSR count). The highest BCUT2D eigenvalue weighted by atomic mass is 19.1. The van der Waals surface area contributed by atoms with E-state index in [4.69, 9.17) is 0 Å². The van der Waals surface area contributed by atoms with Gasteiger partial charge in [-0.05, 0) is 56.0 Å². The summed E-state index contributed by atoms with van der Waals surface area (Å²) in [6.45, 7) is 15.8. The van der Waals surface area contributed by atoms with Crippen LogP contribution in [0.5, 0.6) is 0 Å². The van der Waals surface area contributed by atoms with Crippen molar-refractivity contribution in [2.24, 2.45) is 11.8 Å². The van der Waals surface area contributed by atoms with Gasteiger partial charge in [0.15, 0.2) is 0 Å². The molecule has 0 amide bonds. The van der Waals surface area contributed by atoms with Crippen molar-refractivity contribution in [3.8, 4) is 0 Å². The van der Waals surface area contributed by atoms with Gasteiger partial charge in [0, 0.05) is 24.8 Å². The number of hydrogen-bond donors (Lipinski definition) is 1. The number of nitrogens with zero attached hydrogens (tertiary/aromatic N) is 1. The average Bonchev–Trinajstić information content (AvgIpc) is 2.35. The molecule has 0 aliphatic rings. The van der Waals surface area contributed by atoms with Crippen molar-refractivity contribution < 1.29 is 4.39 Å². The van der Waals surface area contributed by atoms with Crippen LogP contribution in [-0.4, -0.2) is 19.1 Å². The van der Waals surface area contributed by atoms with Crippen molar-refractivity contribution in [3.05, 3.63) is 29.6 Å². The fraction of sp³-hybridized carbons (Fsp3) is 0.667. The quantitative estimate of drug-likeness (QED) is 0.762. The Kier molecular flexibility index (Phi) is 7.16. The lowest BCUT2D eigenvalue weighted by Crippen LogP contribution is -2.35. The summed E-state index contributed by atoms with van der Waals surface area (Å²) in [4.78, 5) is 2.37. The van der Waals surface area contributed by atoms with Crippen molar-refractivity contribution in [1.82, 2.24) is 5.32 Å². The van der Waals surface area contributed by atoms with E-state index in [9.17, 15) is 4.39 Å². The van der Waals surface area contributed by atoms with Crippen molar-refractivity contribution >= 4 is 5.69 Å². The van der Waals surface area contributed by atoms with Gasteiger partial charge in [-0.2, -0.15) is 0 Å². The molecule has 0 spiro atoms. The third kappa shape index (κ3) is 6.04. The summed E-state index contributed by atoms with van der Waals surface area (Å²) in [6.07, 6.45) is 0. The van der Waals surface area contributed by atoms with Crippen LogP contribution in [0.25, 0.3) is 0 Å². The van der Waals surface area contributed by atoms with Gasteiger partial charge in [0.25, 0.3) is 0 Å². The molecule has 0 saturated heterocycles. The number of halogens is 1. The van der Waals surface area contributed by atoms with Gasteiger partial charge in [-0.1, -0.05) is 27.7 Å². The molecule has 0 bridgehead atoms. The molecule has 0 unspecified atom stereocenters. The molecule has 0 atom stereocenters. The predicted molar refractivity (Wildman–Crippen MR) is 90.3 cm³/mol. The number of hydrogen-bond acceptors (Lipinski definition) is 2. The molecular formula is C18H31FN2. The fourth-order valence-electron chi connectivity index (χ4n) is 2.45. The van der Waals surface area contributed by atoms with Gasteiger partial charge < -0.3 is 10.2 Å². The first-order chi connectivity index (χ1) is 9.81. The Hall–Kier alpha value is -1.09. The van der Waals surface area contributed by atoms with E-state index in [-0.39, 0.29) is 5.82 Å². The third-order valence-corrected chi connectivity index (χ3v) is 3.40. The van der Waals surface area contributed by atoms with Crippen LogP contribution < -0.4 is 10.2 Å². The van der Waals surface area contributed by atoms with Crippen LogP contribution in [0, 0.1) is 17.7 Å². The van der Waals surface area contributed by atoms with Crippen molar-refractivity contribution in [1.29, 1.82) is 0 Å². The highest BCUT2D eigenvalue weighted by molar-refractivity contribution is 5.54. The van der Waals surface area contributed by atoms with E-state index in [0.29, 0.717) is 24.4 Å². The van der Waals surface area contributed by atoms with Gasteiger partial charge in [-0.15, -0.1) is 0 Å². The lowest BCUT2D eigenvalue weighted by Gasteiger charge is -2.32. The van der Waals surface area contributed by atoms with Crippen molar-refractivity contribution in [2.75, 3.05) is 18.0 Å². The zero-order chi connectivity index (χ0) is 16.0. The zero-order valence-electron chi connectivity index (χ0n) is 14.4. The Labute approximate surface area is 129 Å². The number of rotatable bonds is 8. The summed E-state index contributed by atoms with van der Waals surface area (Å²) in [5.74, 6) is 1.01. The maximum absolute atomic E-state index is 13.6. The van der Waals surface area contributed by atoms with Gasteiger partial charge >= 0.3 is 0 Å².